The minimum absolute atomic E-state index is 0.0127. The van der Waals surface area contributed by atoms with Gasteiger partial charge in [-0.3, -0.25) is 0 Å². The van der Waals surface area contributed by atoms with Crippen molar-refractivity contribution in [2.75, 3.05) is 19.8 Å². The zero-order chi connectivity index (χ0) is 20.5. The first-order valence-corrected chi connectivity index (χ1v) is 10.2. The fourth-order valence-corrected chi connectivity index (χ4v) is 4.54. The van der Waals surface area contributed by atoms with E-state index >= 15 is 0 Å². The van der Waals surface area contributed by atoms with Crippen molar-refractivity contribution in [3.8, 4) is 16.9 Å². The number of amides is 1. The van der Waals surface area contributed by atoms with Gasteiger partial charge < -0.3 is 19.9 Å². The number of alkyl carbamates (subject to hydrolysis) is 1. The van der Waals surface area contributed by atoms with E-state index in [2.05, 4.69) is 29.6 Å². The van der Waals surface area contributed by atoms with Crippen LogP contribution >= 0.6 is 0 Å². The van der Waals surface area contributed by atoms with Crippen LogP contribution < -0.4 is 10.1 Å². The van der Waals surface area contributed by atoms with Gasteiger partial charge in [0.15, 0.2) is 0 Å². The monoisotopic (exact) mass is 401 g/mol. The van der Waals surface area contributed by atoms with Crippen LogP contribution in [0.15, 0.2) is 72.8 Å². The van der Waals surface area contributed by atoms with Gasteiger partial charge in [0, 0.05) is 17.4 Å². The number of hydrogen-bond acceptors (Lipinski definition) is 4. The van der Waals surface area contributed by atoms with E-state index in [1.54, 1.807) is 0 Å². The number of aliphatic hydroxyl groups excluding tert-OH is 1. The Morgan fingerprint density at radius 2 is 1.53 bits per heavy atom. The van der Waals surface area contributed by atoms with Crippen LogP contribution in [-0.2, 0) is 4.74 Å². The molecule has 0 saturated carbocycles. The van der Waals surface area contributed by atoms with Crippen LogP contribution in [0, 0.1) is 5.92 Å². The molecule has 3 aromatic carbocycles. The molecular weight excluding hydrogens is 378 g/mol. The molecule has 1 aliphatic carbocycles. The number of para-hydroxylation sites is 1. The summed E-state index contributed by atoms with van der Waals surface area (Å²) in [5, 5.41) is 12.7. The molecule has 152 valence electrons. The summed E-state index contributed by atoms with van der Waals surface area (Å²) in [6, 6.07) is 23.7. The van der Waals surface area contributed by atoms with Gasteiger partial charge in [-0.15, -0.1) is 0 Å². The minimum atomic E-state index is -0.489. The number of benzene rings is 3. The Hall–Kier alpha value is -3.31. The summed E-state index contributed by atoms with van der Waals surface area (Å²) in [4.78, 5) is 12.7. The summed E-state index contributed by atoms with van der Waals surface area (Å²) in [5.41, 5.74) is 5.60. The maximum absolute atomic E-state index is 12.7. The maximum atomic E-state index is 12.7. The average molecular weight is 401 g/mol. The quantitative estimate of drug-likeness (QED) is 0.685. The molecule has 0 saturated heterocycles. The number of fused-ring (bicyclic) bond motifs is 4. The molecule has 0 aromatic heterocycles. The largest absolute Gasteiger partial charge is 0.493 e. The van der Waals surface area contributed by atoms with E-state index in [0.717, 1.165) is 11.3 Å². The minimum Gasteiger partial charge on any atom is -0.493 e. The Balaban J connectivity index is 1.33. The molecule has 0 spiro atoms. The maximum Gasteiger partial charge on any atom is 0.407 e. The number of hydrogen-bond donors (Lipinski definition) is 2. The summed E-state index contributed by atoms with van der Waals surface area (Å²) in [7, 11) is 0. The number of rotatable bonds is 4. The van der Waals surface area contributed by atoms with E-state index < -0.39 is 6.09 Å². The third kappa shape index (κ3) is 3.21. The molecule has 5 nitrogen and oxygen atoms in total. The van der Waals surface area contributed by atoms with E-state index in [9.17, 15) is 9.90 Å². The molecule has 3 aromatic rings. The Bertz CT molecular complexity index is 1030. The van der Waals surface area contributed by atoms with Crippen LogP contribution in [-0.4, -0.2) is 31.0 Å². The van der Waals surface area contributed by atoms with E-state index in [1.165, 1.54) is 22.3 Å². The Morgan fingerprint density at radius 3 is 2.20 bits per heavy atom. The summed E-state index contributed by atoms with van der Waals surface area (Å²) < 4.78 is 11.4. The lowest BCUT2D eigenvalue weighted by atomic mass is 9.91. The van der Waals surface area contributed by atoms with Gasteiger partial charge in [0.2, 0.25) is 0 Å². The van der Waals surface area contributed by atoms with Gasteiger partial charge >= 0.3 is 6.09 Å². The van der Waals surface area contributed by atoms with Gasteiger partial charge in [-0.2, -0.15) is 0 Å². The van der Waals surface area contributed by atoms with Crippen LogP contribution in [0.1, 0.15) is 28.7 Å². The Kier molecular flexibility index (Phi) is 4.89. The predicted molar refractivity (Wildman–Crippen MR) is 113 cm³/mol. The molecule has 1 heterocycles. The van der Waals surface area contributed by atoms with Crippen molar-refractivity contribution < 1.29 is 19.4 Å². The highest BCUT2D eigenvalue weighted by atomic mass is 16.5. The van der Waals surface area contributed by atoms with Crippen molar-refractivity contribution in [1.29, 1.82) is 0 Å². The molecule has 5 rings (SSSR count). The Morgan fingerprint density at radius 1 is 0.933 bits per heavy atom. The fraction of sp³-hybridized carbons (Fsp3) is 0.240. The third-order valence-corrected chi connectivity index (χ3v) is 6.03. The van der Waals surface area contributed by atoms with Crippen molar-refractivity contribution in [1.82, 2.24) is 5.32 Å². The lowest BCUT2D eigenvalue weighted by Gasteiger charge is -2.32. The Labute approximate surface area is 175 Å². The van der Waals surface area contributed by atoms with Crippen LogP contribution in [0.5, 0.6) is 5.75 Å². The van der Waals surface area contributed by atoms with Gasteiger partial charge in [-0.05, 0) is 28.3 Å². The zero-order valence-electron chi connectivity index (χ0n) is 16.5. The van der Waals surface area contributed by atoms with Crippen LogP contribution in [0.2, 0.25) is 0 Å². The summed E-state index contributed by atoms with van der Waals surface area (Å²) >= 11 is 0. The molecule has 2 N–H and O–H groups in total. The molecule has 0 radical (unpaired) electrons. The smallest absolute Gasteiger partial charge is 0.407 e. The normalized spacial score (nSPS) is 19.2. The second-order valence-electron chi connectivity index (χ2n) is 7.74. The number of nitrogens with one attached hydrogen (secondary N) is 1. The topological polar surface area (TPSA) is 67.8 Å². The van der Waals surface area contributed by atoms with E-state index in [4.69, 9.17) is 9.47 Å². The molecule has 1 amide bonds. The first-order valence-electron chi connectivity index (χ1n) is 10.2. The van der Waals surface area contributed by atoms with Crippen LogP contribution in [0.4, 0.5) is 4.79 Å². The van der Waals surface area contributed by atoms with Crippen molar-refractivity contribution in [2.24, 2.45) is 5.92 Å². The summed E-state index contributed by atoms with van der Waals surface area (Å²) in [6.45, 7) is 0.527. The third-order valence-electron chi connectivity index (χ3n) is 6.03. The van der Waals surface area contributed by atoms with Crippen molar-refractivity contribution >= 4 is 6.09 Å². The first-order chi connectivity index (χ1) is 14.8. The average Bonchev–Trinajstić information content (AvgIpc) is 3.12. The van der Waals surface area contributed by atoms with Gasteiger partial charge in [0.05, 0.1) is 19.3 Å². The fourth-order valence-electron chi connectivity index (χ4n) is 4.54. The summed E-state index contributed by atoms with van der Waals surface area (Å²) in [6.07, 6.45) is -0.489. The second-order valence-corrected chi connectivity index (χ2v) is 7.74. The number of carbonyl (C=O) groups excluding carboxylic acids is 1. The van der Waals surface area contributed by atoms with Crippen LogP contribution in [0.25, 0.3) is 11.1 Å². The van der Waals surface area contributed by atoms with E-state index in [-0.39, 0.29) is 31.1 Å². The number of carbonyl (C=O) groups is 1. The molecule has 30 heavy (non-hydrogen) atoms. The van der Waals surface area contributed by atoms with Gasteiger partial charge in [-0.1, -0.05) is 66.7 Å². The van der Waals surface area contributed by atoms with Gasteiger partial charge in [-0.25, -0.2) is 4.79 Å². The zero-order valence-corrected chi connectivity index (χ0v) is 16.5. The molecule has 0 bridgehead atoms. The van der Waals surface area contributed by atoms with E-state index in [1.807, 2.05) is 48.5 Å². The molecule has 5 heteroatoms. The molecule has 1 aliphatic heterocycles. The van der Waals surface area contributed by atoms with Gasteiger partial charge in [0.25, 0.3) is 0 Å². The lowest BCUT2D eigenvalue weighted by molar-refractivity contribution is 0.0966. The molecule has 0 fully saturated rings. The molecular formula is C25H23NO4. The lowest BCUT2D eigenvalue weighted by Crippen LogP contribution is -2.40. The van der Waals surface area contributed by atoms with Crippen LogP contribution in [0.3, 0.4) is 0 Å². The van der Waals surface area contributed by atoms with Crippen molar-refractivity contribution in [3.05, 3.63) is 89.5 Å². The van der Waals surface area contributed by atoms with E-state index in [0.29, 0.717) is 6.61 Å². The molecule has 2 aliphatic rings. The molecule has 2 atom stereocenters. The highest BCUT2D eigenvalue weighted by Crippen LogP contribution is 2.44. The number of ether oxygens (including phenoxy) is 2. The van der Waals surface area contributed by atoms with Crippen molar-refractivity contribution in [3.63, 3.8) is 0 Å². The van der Waals surface area contributed by atoms with Crippen molar-refractivity contribution in [2.45, 2.75) is 12.0 Å². The molecule has 0 unspecified atom stereocenters. The standard InChI is InChI=1S/C25H23NO4/c27-13-16-14-29-23-12-6-5-11-21(23)24(16)26-25(28)30-15-22-19-9-3-1-7-17(19)18-8-2-4-10-20(18)22/h1-12,16,22,24,27H,13-15H2,(H,26,28)/t16-,24-/m1/s1. The highest BCUT2D eigenvalue weighted by molar-refractivity contribution is 5.79. The second kappa shape index (κ2) is 7.84. The SMILES string of the molecule is O=C(N[C@H]1c2ccccc2OC[C@H]1CO)OCC1c2ccccc2-c2ccccc21. The predicted octanol–water partition coefficient (Wildman–Crippen LogP) is 4.27. The first kappa shape index (κ1) is 18.7. The number of aliphatic hydroxyl groups is 1. The summed E-state index contributed by atoms with van der Waals surface area (Å²) in [5.74, 6) is 0.519. The van der Waals surface area contributed by atoms with Gasteiger partial charge in [0.1, 0.15) is 12.4 Å². The highest BCUT2D eigenvalue weighted by Gasteiger charge is 2.33.